The van der Waals surface area contributed by atoms with E-state index >= 15 is 0 Å². The Labute approximate surface area is 99.7 Å². The van der Waals surface area contributed by atoms with Gasteiger partial charge >= 0.3 is 0 Å². The third-order valence-electron chi connectivity index (χ3n) is 3.20. The monoisotopic (exact) mass is 257 g/mol. The minimum Gasteiger partial charge on any atom is -0.338 e. The molecule has 1 aromatic rings. The summed E-state index contributed by atoms with van der Waals surface area (Å²) in [4.78, 5) is 4.25. The highest BCUT2D eigenvalue weighted by Gasteiger charge is 2.32. The molecule has 1 aliphatic carbocycles. The number of hydrogen-bond donors (Lipinski definition) is 1. The molecule has 17 heavy (non-hydrogen) atoms. The van der Waals surface area contributed by atoms with Crippen molar-refractivity contribution in [1.82, 2.24) is 15.5 Å². The van der Waals surface area contributed by atoms with Gasteiger partial charge in [0.1, 0.15) is 0 Å². The van der Waals surface area contributed by atoms with E-state index in [2.05, 4.69) is 15.5 Å². The van der Waals surface area contributed by atoms with Crippen LogP contribution in [-0.4, -0.2) is 36.1 Å². The van der Waals surface area contributed by atoms with E-state index in [4.69, 9.17) is 4.52 Å². The molecule has 2 heterocycles. The van der Waals surface area contributed by atoms with Gasteiger partial charge in [-0.25, -0.2) is 8.42 Å². The lowest BCUT2D eigenvalue weighted by atomic mass is 10.1. The third-order valence-corrected chi connectivity index (χ3v) is 4.97. The number of hydrogen-bond acceptors (Lipinski definition) is 6. The highest BCUT2D eigenvalue weighted by Crippen LogP contribution is 2.26. The largest absolute Gasteiger partial charge is 0.338 e. The Morgan fingerprint density at radius 3 is 2.82 bits per heavy atom. The van der Waals surface area contributed by atoms with Gasteiger partial charge in [-0.1, -0.05) is 5.16 Å². The minimum atomic E-state index is -2.89. The Hall–Kier alpha value is -0.950. The van der Waals surface area contributed by atoms with E-state index in [1.807, 2.05) is 0 Å². The molecule has 0 bridgehead atoms. The van der Waals surface area contributed by atoms with Gasteiger partial charge in [0.05, 0.1) is 18.1 Å². The van der Waals surface area contributed by atoms with E-state index < -0.39 is 9.84 Å². The second-order valence-corrected chi connectivity index (χ2v) is 7.03. The van der Waals surface area contributed by atoms with Crippen LogP contribution in [0.1, 0.15) is 36.9 Å². The topological polar surface area (TPSA) is 85.1 Å². The molecule has 2 aliphatic rings. The van der Waals surface area contributed by atoms with Crippen molar-refractivity contribution in [3.63, 3.8) is 0 Å². The summed E-state index contributed by atoms with van der Waals surface area (Å²) in [6.45, 7) is 0.580. The van der Waals surface area contributed by atoms with Crippen LogP contribution in [0.3, 0.4) is 0 Å². The molecule has 0 aromatic carbocycles. The van der Waals surface area contributed by atoms with Crippen LogP contribution in [0, 0.1) is 0 Å². The highest BCUT2D eigenvalue weighted by molar-refractivity contribution is 7.91. The van der Waals surface area contributed by atoms with Crippen molar-refractivity contribution in [2.24, 2.45) is 0 Å². The molecule has 6 nitrogen and oxygen atoms in total. The maximum Gasteiger partial charge on any atom is 0.240 e. The molecule has 1 aromatic heterocycles. The van der Waals surface area contributed by atoms with Crippen molar-refractivity contribution >= 4 is 9.84 Å². The number of sulfone groups is 1. The summed E-state index contributed by atoms with van der Waals surface area (Å²) in [5, 5.41) is 7.15. The lowest BCUT2D eigenvalue weighted by molar-refractivity contribution is 0.360. The van der Waals surface area contributed by atoms with Gasteiger partial charge < -0.3 is 9.84 Å². The van der Waals surface area contributed by atoms with Gasteiger partial charge in [-0.3, -0.25) is 0 Å². The molecule has 0 radical (unpaired) electrons. The molecule has 1 aliphatic heterocycles. The van der Waals surface area contributed by atoms with Crippen LogP contribution < -0.4 is 5.32 Å². The number of aromatic nitrogens is 2. The lowest BCUT2D eigenvalue weighted by Crippen LogP contribution is -2.15. The predicted molar refractivity (Wildman–Crippen MR) is 60.2 cm³/mol. The molecule has 7 heteroatoms. The first-order valence-electron chi connectivity index (χ1n) is 5.89. The number of nitrogens with one attached hydrogen (secondary N) is 1. The zero-order valence-corrected chi connectivity index (χ0v) is 10.2. The Morgan fingerprint density at radius 1 is 1.35 bits per heavy atom. The van der Waals surface area contributed by atoms with Gasteiger partial charge in [0.15, 0.2) is 15.7 Å². The second kappa shape index (κ2) is 4.06. The molecule has 2 fully saturated rings. The van der Waals surface area contributed by atoms with E-state index in [9.17, 15) is 8.42 Å². The molecule has 1 unspecified atom stereocenters. The Morgan fingerprint density at radius 2 is 2.18 bits per heavy atom. The van der Waals surface area contributed by atoms with Crippen LogP contribution in [0.4, 0.5) is 0 Å². The molecular weight excluding hydrogens is 242 g/mol. The van der Waals surface area contributed by atoms with Crippen molar-refractivity contribution in [1.29, 1.82) is 0 Å². The van der Waals surface area contributed by atoms with E-state index in [1.54, 1.807) is 0 Å². The molecule has 1 saturated heterocycles. The van der Waals surface area contributed by atoms with Gasteiger partial charge in [-0.2, -0.15) is 4.98 Å². The fraction of sp³-hybridized carbons (Fsp3) is 0.800. The van der Waals surface area contributed by atoms with Crippen molar-refractivity contribution in [3.05, 3.63) is 11.7 Å². The predicted octanol–water partition coefficient (Wildman–Crippen LogP) is 0.224. The van der Waals surface area contributed by atoms with Gasteiger partial charge in [-0.05, 0) is 19.3 Å². The third kappa shape index (κ3) is 2.66. The van der Waals surface area contributed by atoms with Crippen LogP contribution in [0.2, 0.25) is 0 Å². The average molecular weight is 257 g/mol. The molecule has 1 saturated carbocycles. The highest BCUT2D eigenvalue weighted by atomic mass is 32.2. The van der Waals surface area contributed by atoms with E-state index in [0.717, 1.165) is 0 Å². The van der Waals surface area contributed by atoms with Crippen LogP contribution in [0.25, 0.3) is 0 Å². The van der Waals surface area contributed by atoms with Gasteiger partial charge in [0.2, 0.25) is 5.89 Å². The Kier molecular flexibility index (Phi) is 2.67. The van der Waals surface area contributed by atoms with E-state index in [-0.39, 0.29) is 17.4 Å². The summed E-state index contributed by atoms with van der Waals surface area (Å²) in [5.74, 6) is 1.40. The molecule has 0 amide bonds. The van der Waals surface area contributed by atoms with Crippen LogP contribution >= 0.6 is 0 Å². The van der Waals surface area contributed by atoms with Crippen molar-refractivity contribution in [3.8, 4) is 0 Å². The molecule has 3 rings (SSSR count). The zero-order valence-electron chi connectivity index (χ0n) is 9.42. The fourth-order valence-electron chi connectivity index (χ4n) is 2.02. The summed E-state index contributed by atoms with van der Waals surface area (Å²) in [5.41, 5.74) is 0. The molecule has 94 valence electrons. The van der Waals surface area contributed by atoms with E-state index in [0.29, 0.717) is 30.7 Å². The SMILES string of the molecule is O=S1(=O)CCC(c2noc(CNC3CC3)n2)C1. The van der Waals surface area contributed by atoms with E-state index in [1.165, 1.54) is 12.8 Å². The lowest BCUT2D eigenvalue weighted by Gasteiger charge is -1.98. The summed E-state index contributed by atoms with van der Waals surface area (Å²) >= 11 is 0. The Balaban J connectivity index is 1.63. The second-order valence-electron chi connectivity index (χ2n) is 4.80. The first-order chi connectivity index (χ1) is 8.12. The number of rotatable bonds is 4. The smallest absolute Gasteiger partial charge is 0.240 e. The minimum absolute atomic E-state index is 0.0848. The first-order valence-corrected chi connectivity index (χ1v) is 7.71. The standard InChI is InChI=1S/C10H15N3O3S/c14-17(15)4-3-7(6-17)10-12-9(16-13-10)5-11-8-1-2-8/h7-8,11H,1-6H2. The summed E-state index contributed by atoms with van der Waals surface area (Å²) in [7, 11) is -2.89. The molecule has 1 atom stereocenters. The summed E-state index contributed by atoms with van der Waals surface area (Å²) in [6, 6.07) is 0.595. The number of nitrogens with zero attached hydrogens (tertiary/aromatic N) is 2. The van der Waals surface area contributed by atoms with Crippen LogP contribution in [0.15, 0.2) is 4.52 Å². The zero-order chi connectivity index (χ0) is 11.9. The normalized spacial score (nSPS) is 27.4. The first kappa shape index (κ1) is 11.2. The average Bonchev–Trinajstić information content (AvgIpc) is 2.86. The van der Waals surface area contributed by atoms with Crippen molar-refractivity contribution in [2.75, 3.05) is 11.5 Å². The van der Waals surface area contributed by atoms with Crippen LogP contribution in [-0.2, 0) is 16.4 Å². The molecule has 1 N–H and O–H groups in total. The van der Waals surface area contributed by atoms with Crippen molar-refractivity contribution in [2.45, 2.75) is 37.8 Å². The fourth-order valence-corrected chi connectivity index (χ4v) is 3.76. The Bertz CT molecular complexity index is 507. The molecular formula is C10H15N3O3S. The van der Waals surface area contributed by atoms with Gasteiger partial charge in [-0.15, -0.1) is 0 Å². The summed E-state index contributed by atoms with van der Waals surface area (Å²) < 4.78 is 27.8. The quantitative estimate of drug-likeness (QED) is 0.830. The molecule has 0 spiro atoms. The van der Waals surface area contributed by atoms with Gasteiger partial charge in [0.25, 0.3) is 0 Å². The van der Waals surface area contributed by atoms with Crippen LogP contribution in [0.5, 0.6) is 0 Å². The maximum absolute atomic E-state index is 11.3. The maximum atomic E-state index is 11.3. The summed E-state index contributed by atoms with van der Waals surface area (Å²) in [6.07, 6.45) is 3.03. The van der Waals surface area contributed by atoms with Crippen molar-refractivity contribution < 1.29 is 12.9 Å². The van der Waals surface area contributed by atoms with Gasteiger partial charge in [0, 0.05) is 12.0 Å².